The van der Waals surface area contributed by atoms with E-state index in [9.17, 15) is 0 Å². The first-order valence-corrected chi connectivity index (χ1v) is 11.3. The van der Waals surface area contributed by atoms with Crippen LogP contribution in [-0.4, -0.2) is 28.4 Å². The molecule has 3 heterocycles. The molecule has 2 aromatic heterocycles. The predicted molar refractivity (Wildman–Crippen MR) is 119 cm³/mol. The molecular weight excluding hydrogens is 377 g/mol. The Kier molecular flexibility index (Phi) is 5.19. The fourth-order valence-electron chi connectivity index (χ4n) is 5.13. The van der Waals surface area contributed by atoms with Gasteiger partial charge in [-0.25, -0.2) is 14.1 Å². The number of halogens is 1. The monoisotopic (exact) mass is 407 g/mol. The van der Waals surface area contributed by atoms with Crippen molar-refractivity contribution in [1.82, 2.24) is 20.1 Å². The highest BCUT2D eigenvalue weighted by Gasteiger charge is 2.24. The second-order valence-corrected chi connectivity index (χ2v) is 8.60. The molecule has 1 aromatic carbocycles. The lowest BCUT2D eigenvalue weighted by Crippen LogP contribution is -2.22. The number of pyridine rings is 1. The van der Waals surface area contributed by atoms with Crippen LogP contribution in [0.15, 0.2) is 18.3 Å². The molecule has 0 atom stereocenters. The van der Waals surface area contributed by atoms with Gasteiger partial charge < -0.3 is 10.6 Å². The average Bonchev–Trinajstić information content (AvgIpc) is 3.22. The summed E-state index contributed by atoms with van der Waals surface area (Å²) in [6.07, 6.45) is 9.76. The molecule has 6 heteroatoms. The number of aromatic nitrogens is 3. The number of hydrogen-bond acceptors (Lipinski definition) is 4. The Labute approximate surface area is 177 Å². The lowest BCUT2D eigenvalue weighted by atomic mass is 9.82. The Morgan fingerprint density at radius 1 is 1.23 bits per heavy atom. The summed E-state index contributed by atoms with van der Waals surface area (Å²) in [6, 6.07) is 4.30. The van der Waals surface area contributed by atoms with E-state index in [0.717, 1.165) is 54.0 Å². The molecule has 1 saturated carbocycles. The molecule has 30 heavy (non-hydrogen) atoms. The highest BCUT2D eigenvalue weighted by Crippen LogP contribution is 2.39. The van der Waals surface area contributed by atoms with Crippen molar-refractivity contribution in [1.29, 1.82) is 0 Å². The second-order valence-electron chi connectivity index (χ2n) is 8.60. The van der Waals surface area contributed by atoms with Crippen molar-refractivity contribution in [3.8, 4) is 5.69 Å². The van der Waals surface area contributed by atoms with Crippen LogP contribution in [0.5, 0.6) is 0 Å². The minimum absolute atomic E-state index is 0.258. The molecule has 0 saturated heterocycles. The van der Waals surface area contributed by atoms with Gasteiger partial charge in [0.1, 0.15) is 17.0 Å². The molecule has 1 aliphatic carbocycles. The second kappa shape index (κ2) is 7.99. The van der Waals surface area contributed by atoms with Gasteiger partial charge in [-0.3, -0.25) is 0 Å². The van der Waals surface area contributed by atoms with E-state index in [1.165, 1.54) is 37.7 Å². The molecule has 0 spiro atoms. The number of hydrogen-bond donors (Lipinski definition) is 2. The highest BCUT2D eigenvalue weighted by atomic mass is 19.1. The maximum Gasteiger partial charge on any atom is 0.175 e. The summed E-state index contributed by atoms with van der Waals surface area (Å²) < 4.78 is 17.8. The van der Waals surface area contributed by atoms with Crippen molar-refractivity contribution >= 4 is 16.7 Å². The number of anilines is 1. The lowest BCUT2D eigenvalue weighted by Gasteiger charge is -2.24. The Morgan fingerprint density at radius 2 is 2.07 bits per heavy atom. The van der Waals surface area contributed by atoms with Gasteiger partial charge in [0.15, 0.2) is 5.82 Å². The van der Waals surface area contributed by atoms with E-state index >= 15 is 4.39 Å². The standard InChI is InChI=1S/C24H30FN5/c1-3-15-11-19-18(16-7-5-4-6-8-16)12-21(26-2)28-23(19)22(25)24(15)30-14-17-13-27-10-9-20(17)29-30/h11-12,14,16,27H,3-10,13H2,1-2H3,(H,26,28). The fourth-order valence-corrected chi connectivity index (χ4v) is 5.13. The normalized spacial score (nSPS) is 17.3. The summed E-state index contributed by atoms with van der Waals surface area (Å²) >= 11 is 0. The lowest BCUT2D eigenvalue weighted by molar-refractivity contribution is 0.445. The van der Waals surface area contributed by atoms with Crippen LogP contribution >= 0.6 is 0 Å². The van der Waals surface area contributed by atoms with E-state index in [2.05, 4.69) is 34.7 Å². The molecule has 0 unspecified atom stereocenters. The molecular formula is C24H30FN5. The van der Waals surface area contributed by atoms with Crippen LogP contribution < -0.4 is 10.6 Å². The molecule has 5 nitrogen and oxygen atoms in total. The van der Waals surface area contributed by atoms with Crippen LogP contribution in [0.4, 0.5) is 10.2 Å². The molecule has 3 aromatic rings. The number of fused-ring (bicyclic) bond motifs is 2. The average molecular weight is 408 g/mol. The van der Waals surface area contributed by atoms with E-state index in [1.54, 1.807) is 4.68 Å². The van der Waals surface area contributed by atoms with Gasteiger partial charge in [0.2, 0.25) is 0 Å². The van der Waals surface area contributed by atoms with Crippen LogP contribution in [0.1, 0.15) is 67.3 Å². The summed E-state index contributed by atoms with van der Waals surface area (Å²) in [6.45, 7) is 3.80. The third-order valence-corrected chi connectivity index (χ3v) is 6.77. The van der Waals surface area contributed by atoms with Crippen molar-refractivity contribution in [2.24, 2.45) is 0 Å². The zero-order chi connectivity index (χ0) is 20.7. The smallest absolute Gasteiger partial charge is 0.175 e. The van der Waals surface area contributed by atoms with Gasteiger partial charge in [0.05, 0.1) is 5.69 Å². The van der Waals surface area contributed by atoms with Gasteiger partial charge in [0.25, 0.3) is 0 Å². The largest absolute Gasteiger partial charge is 0.373 e. The molecule has 5 rings (SSSR count). The maximum absolute atomic E-state index is 16.1. The highest BCUT2D eigenvalue weighted by molar-refractivity contribution is 5.88. The molecule has 2 N–H and O–H groups in total. The third kappa shape index (κ3) is 3.27. The van der Waals surface area contributed by atoms with Gasteiger partial charge in [-0.2, -0.15) is 5.10 Å². The molecule has 1 aliphatic heterocycles. The summed E-state index contributed by atoms with van der Waals surface area (Å²) in [4.78, 5) is 4.65. The molecule has 2 aliphatic rings. The van der Waals surface area contributed by atoms with Crippen molar-refractivity contribution in [3.05, 3.63) is 46.5 Å². The van der Waals surface area contributed by atoms with E-state index in [0.29, 0.717) is 17.1 Å². The Hall–Kier alpha value is -2.47. The zero-order valence-electron chi connectivity index (χ0n) is 17.9. The zero-order valence-corrected chi connectivity index (χ0v) is 17.9. The summed E-state index contributed by atoms with van der Waals surface area (Å²) in [7, 11) is 1.85. The Balaban J connectivity index is 1.72. The summed E-state index contributed by atoms with van der Waals surface area (Å²) in [5.41, 5.74) is 5.46. The van der Waals surface area contributed by atoms with E-state index in [4.69, 9.17) is 5.10 Å². The third-order valence-electron chi connectivity index (χ3n) is 6.77. The van der Waals surface area contributed by atoms with Crippen molar-refractivity contribution in [3.63, 3.8) is 0 Å². The first-order chi connectivity index (χ1) is 14.7. The quantitative estimate of drug-likeness (QED) is 0.649. The fraction of sp³-hybridized carbons (Fsp3) is 0.500. The number of aryl methyl sites for hydroxylation is 1. The topological polar surface area (TPSA) is 54.8 Å². The van der Waals surface area contributed by atoms with Crippen molar-refractivity contribution < 1.29 is 4.39 Å². The first kappa shape index (κ1) is 19.5. The number of nitrogens with zero attached hydrogens (tertiary/aromatic N) is 3. The SMILES string of the molecule is CCc1cc2c(C3CCCCC3)cc(NC)nc2c(F)c1-n1cc2c(n1)CCNC2. The molecule has 0 radical (unpaired) electrons. The molecule has 158 valence electrons. The summed E-state index contributed by atoms with van der Waals surface area (Å²) in [5.74, 6) is 0.960. The minimum atomic E-state index is -0.258. The Bertz CT molecular complexity index is 1060. The molecule has 0 bridgehead atoms. The van der Waals surface area contributed by atoms with Gasteiger partial charge in [-0.15, -0.1) is 0 Å². The van der Waals surface area contributed by atoms with Gasteiger partial charge >= 0.3 is 0 Å². The van der Waals surface area contributed by atoms with Crippen molar-refractivity contribution in [2.75, 3.05) is 18.9 Å². The van der Waals surface area contributed by atoms with Crippen LogP contribution in [0.2, 0.25) is 0 Å². The van der Waals surface area contributed by atoms with Crippen LogP contribution in [0.25, 0.3) is 16.6 Å². The van der Waals surface area contributed by atoms with Gasteiger partial charge in [0, 0.05) is 43.7 Å². The Morgan fingerprint density at radius 3 is 2.80 bits per heavy atom. The van der Waals surface area contributed by atoms with E-state index < -0.39 is 0 Å². The first-order valence-electron chi connectivity index (χ1n) is 11.3. The summed E-state index contributed by atoms with van der Waals surface area (Å²) in [5, 5.41) is 12.2. The van der Waals surface area contributed by atoms with E-state index in [1.807, 2.05) is 13.2 Å². The number of benzene rings is 1. The van der Waals surface area contributed by atoms with Crippen LogP contribution in [-0.2, 0) is 19.4 Å². The van der Waals surface area contributed by atoms with Gasteiger partial charge in [-0.05, 0) is 48.4 Å². The van der Waals surface area contributed by atoms with Crippen molar-refractivity contribution in [2.45, 2.75) is 64.3 Å². The van der Waals surface area contributed by atoms with E-state index in [-0.39, 0.29) is 5.82 Å². The van der Waals surface area contributed by atoms with Gasteiger partial charge in [-0.1, -0.05) is 26.2 Å². The molecule has 1 fully saturated rings. The maximum atomic E-state index is 16.1. The number of rotatable bonds is 4. The van der Waals surface area contributed by atoms with Crippen LogP contribution in [0.3, 0.4) is 0 Å². The number of nitrogens with one attached hydrogen (secondary N) is 2. The van der Waals surface area contributed by atoms with Crippen LogP contribution in [0, 0.1) is 5.82 Å². The molecule has 0 amide bonds. The minimum Gasteiger partial charge on any atom is -0.373 e. The predicted octanol–water partition coefficient (Wildman–Crippen LogP) is 4.86.